The van der Waals surface area contributed by atoms with Crippen molar-refractivity contribution in [3.8, 4) is 0 Å². The summed E-state index contributed by atoms with van der Waals surface area (Å²) in [5, 5.41) is 11.2. The van der Waals surface area contributed by atoms with Gasteiger partial charge in [0.2, 0.25) is 0 Å². The Balaban J connectivity index is 2.90. The van der Waals surface area contributed by atoms with Crippen LogP contribution in [-0.2, 0) is 6.54 Å². The molecular formula is C7H10N2O. The highest BCUT2D eigenvalue weighted by atomic mass is 16.4. The number of hydrogen-bond donors (Lipinski definition) is 1. The largest absolute Gasteiger partial charge is 0.411 e. The molecule has 0 aliphatic carbocycles. The maximum absolute atomic E-state index is 8.21. The van der Waals surface area contributed by atoms with Crippen molar-refractivity contribution in [1.29, 1.82) is 0 Å². The summed E-state index contributed by atoms with van der Waals surface area (Å²) in [5.41, 5.74) is 0.921. The predicted molar refractivity (Wildman–Crippen MR) is 39.5 cm³/mol. The van der Waals surface area contributed by atoms with E-state index in [9.17, 15) is 0 Å². The zero-order valence-corrected chi connectivity index (χ0v) is 5.86. The van der Waals surface area contributed by atoms with E-state index in [-0.39, 0.29) is 0 Å². The Morgan fingerprint density at radius 2 is 2.60 bits per heavy atom. The Bertz CT molecular complexity index is 227. The molecule has 1 rings (SSSR count). The van der Waals surface area contributed by atoms with Crippen LogP contribution in [0, 0.1) is 0 Å². The fourth-order valence-electron chi connectivity index (χ4n) is 0.892. The average molecular weight is 138 g/mol. The summed E-state index contributed by atoms with van der Waals surface area (Å²) >= 11 is 0. The van der Waals surface area contributed by atoms with Gasteiger partial charge in [-0.2, -0.15) is 0 Å². The van der Waals surface area contributed by atoms with E-state index in [0.717, 1.165) is 12.2 Å². The third-order valence-electron chi connectivity index (χ3n) is 1.40. The van der Waals surface area contributed by atoms with Crippen molar-refractivity contribution in [3.63, 3.8) is 0 Å². The number of nitrogens with zero attached hydrogens (tertiary/aromatic N) is 2. The zero-order chi connectivity index (χ0) is 7.40. The molecule has 3 heteroatoms. The molecule has 10 heavy (non-hydrogen) atoms. The maximum Gasteiger partial charge on any atom is 0.0898 e. The molecule has 0 atom stereocenters. The van der Waals surface area contributed by atoms with Crippen LogP contribution in [0.25, 0.3) is 0 Å². The molecule has 0 aliphatic rings. The van der Waals surface area contributed by atoms with Crippen molar-refractivity contribution in [2.75, 3.05) is 0 Å². The van der Waals surface area contributed by atoms with Crippen LogP contribution in [0.4, 0.5) is 0 Å². The molecule has 0 radical (unpaired) electrons. The lowest BCUT2D eigenvalue weighted by Crippen LogP contribution is -1.97. The quantitative estimate of drug-likeness (QED) is 0.373. The van der Waals surface area contributed by atoms with Gasteiger partial charge in [0.25, 0.3) is 0 Å². The summed E-state index contributed by atoms with van der Waals surface area (Å²) in [6.07, 6.45) is 3.36. The Kier molecular flexibility index (Phi) is 2.10. The van der Waals surface area contributed by atoms with Gasteiger partial charge in [0.1, 0.15) is 0 Å². The SMILES string of the molecule is CCn1cccc1/C=N/O. The normalized spacial score (nSPS) is 10.9. The van der Waals surface area contributed by atoms with E-state index in [4.69, 9.17) is 5.21 Å². The molecule has 0 amide bonds. The molecule has 0 saturated heterocycles. The molecule has 0 aliphatic heterocycles. The smallest absolute Gasteiger partial charge is 0.0898 e. The van der Waals surface area contributed by atoms with Crippen LogP contribution >= 0.6 is 0 Å². The van der Waals surface area contributed by atoms with Gasteiger partial charge in [-0.1, -0.05) is 5.16 Å². The number of hydrogen-bond acceptors (Lipinski definition) is 2. The highest BCUT2D eigenvalue weighted by molar-refractivity contribution is 5.76. The van der Waals surface area contributed by atoms with Crippen molar-refractivity contribution >= 4 is 6.21 Å². The molecule has 54 valence electrons. The molecule has 0 saturated carbocycles. The van der Waals surface area contributed by atoms with Gasteiger partial charge < -0.3 is 9.77 Å². The lowest BCUT2D eigenvalue weighted by atomic mass is 10.4. The second-order valence-corrected chi connectivity index (χ2v) is 1.96. The standard InChI is InChI=1S/C7H10N2O/c1-2-9-5-3-4-7(9)6-8-10/h3-6,10H,2H2,1H3/b8-6+. The topological polar surface area (TPSA) is 37.5 Å². The predicted octanol–water partition coefficient (Wildman–Crippen LogP) is 1.32. The third kappa shape index (κ3) is 1.18. The van der Waals surface area contributed by atoms with Crippen molar-refractivity contribution in [2.45, 2.75) is 13.5 Å². The Labute approximate surface area is 59.6 Å². The van der Waals surface area contributed by atoms with Crippen LogP contribution in [-0.4, -0.2) is 16.0 Å². The molecule has 1 aromatic heterocycles. The van der Waals surface area contributed by atoms with Crippen LogP contribution in [0.3, 0.4) is 0 Å². The minimum absolute atomic E-state index is 0.897. The fraction of sp³-hybridized carbons (Fsp3) is 0.286. The van der Waals surface area contributed by atoms with Crippen LogP contribution < -0.4 is 0 Å². The summed E-state index contributed by atoms with van der Waals surface area (Å²) in [6, 6.07) is 3.81. The number of aromatic nitrogens is 1. The summed E-state index contributed by atoms with van der Waals surface area (Å²) in [4.78, 5) is 0. The van der Waals surface area contributed by atoms with Crippen molar-refractivity contribution in [2.24, 2.45) is 5.16 Å². The number of aryl methyl sites for hydroxylation is 1. The molecule has 0 fully saturated rings. The maximum atomic E-state index is 8.21. The molecule has 0 aromatic carbocycles. The lowest BCUT2D eigenvalue weighted by Gasteiger charge is -1.97. The van der Waals surface area contributed by atoms with Gasteiger partial charge in [0.15, 0.2) is 0 Å². The van der Waals surface area contributed by atoms with E-state index >= 15 is 0 Å². The molecule has 0 spiro atoms. The highest BCUT2D eigenvalue weighted by Crippen LogP contribution is 1.97. The summed E-state index contributed by atoms with van der Waals surface area (Å²) in [6.45, 7) is 2.93. The zero-order valence-electron chi connectivity index (χ0n) is 5.86. The minimum Gasteiger partial charge on any atom is -0.411 e. The number of rotatable bonds is 2. The highest BCUT2D eigenvalue weighted by Gasteiger charge is 1.92. The van der Waals surface area contributed by atoms with E-state index in [1.54, 1.807) is 0 Å². The van der Waals surface area contributed by atoms with Crippen molar-refractivity contribution < 1.29 is 5.21 Å². The fourth-order valence-corrected chi connectivity index (χ4v) is 0.892. The van der Waals surface area contributed by atoms with Gasteiger partial charge in [-0.05, 0) is 19.1 Å². The van der Waals surface area contributed by atoms with Gasteiger partial charge >= 0.3 is 0 Å². The van der Waals surface area contributed by atoms with Gasteiger partial charge in [0, 0.05) is 12.7 Å². The van der Waals surface area contributed by atoms with Crippen LogP contribution in [0.15, 0.2) is 23.5 Å². The second kappa shape index (κ2) is 3.06. The molecule has 1 N–H and O–H groups in total. The molecule has 0 bridgehead atoms. The van der Waals surface area contributed by atoms with Gasteiger partial charge in [-0.15, -0.1) is 0 Å². The monoisotopic (exact) mass is 138 g/mol. The van der Waals surface area contributed by atoms with Gasteiger partial charge in [-0.3, -0.25) is 0 Å². The summed E-state index contributed by atoms with van der Waals surface area (Å²) < 4.78 is 1.99. The Morgan fingerprint density at radius 3 is 3.20 bits per heavy atom. The molecular weight excluding hydrogens is 128 g/mol. The van der Waals surface area contributed by atoms with E-state index in [2.05, 4.69) is 5.16 Å². The first-order valence-electron chi connectivity index (χ1n) is 3.21. The molecule has 1 heterocycles. The van der Waals surface area contributed by atoms with Crippen molar-refractivity contribution in [1.82, 2.24) is 4.57 Å². The van der Waals surface area contributed by atoms with Gasteiger partial charge in [0.05, 0.1) is 11.9 Å². The van der Waals surface area contributed by atoms with Crippen LogP contribution in [0.2, 0.25) is 0 Å². The van der Waals surface area contributed by atoms with E-state index in [1.807, 2.05) is 29.8 Å². The summed E-state index contributed by atoms with van der Waals surface area (Å²) in [5.74, 6) is 0. The lowest BCUT2D eigenvalue weighted by molar-refractivity contribution is 0.321. The summed E-state index contributed by atoms with van der Waals surface area (Å²) in [7, 11) is 0. The average Bonchev–Trinajstić information content (AvgIpc) is 2.36. The van der Waals surface area contributed by atoms with E-state index in [1.165, 1.54) is 6.21 Å². The van der Waals surface area contributed by atoms with Crippen LogP contribution in [0.5, 0.6) is 0 Å². The first-order valence-corrected chi connectivity index (χ1v) is 3.21. The van der Waals surface area contributed by atoms with E-state index in [0.29, 0.717) is 0 Å². The minimum atomic E-state index is 0.897. The molecule has 3 nitrogen and oxygen atoms in total. The van der Waals surface area contributed by atoms with Gasteiger partial charge in [-0.25, -0.2) is 0 Å². The number of oxime groups is 1. The Morgan fingerprint density at radius 1 is 1.80 bits per heavy atom. The molecule has 1 aromatic rings. The van der Waals surface area contributed by atoms with Crippen molar-refractivity contribution in [3.05, 3.63) is 24.0 Å². The Hall–Kier alpha value is -1.25. The van der Waals surface area contributed by atoms with Crippen LogP contribution in [0.1, 0.15) is 12.6 Å². The first-order chi connectivity index (χ1) is 4.88. The third-order valence-corrected chi connectivity index (χ3v) is 1.40. The second-order valence-electron chi connectivity index (χ2n) is 1.96. The first kappa shape index (κ1) is 6.86. The van der Waals surface area contributed by atoms with E-state index < -0.39 is 0 Å². The molecule has 0 unspecified atom stereocenters.